The molecular weight excluding hydrogens is 372 g/mol. The molecule has 1 atom stereocenters. The van der Waals surface area contributed by atoms with Gasteiger partial charge in [0, 0.05) is 22.8 Å². The number of methoxy groups -OCH3 is 1. The highest BCUT2D eigenvalue weighted by Gasteiger charge is 2.31. The molecule has 0 saturated heterocycles. The van der Waals surface area contributed by atoms with Gasteiger partial charge in [-0.05, 0) is 18.6 Å². The van der Waals surface area contributed by atoms with Crippen molar-refractivity contribution in [3.63, 3.8) is 0 Å². The van der Waals surface area contributed by atoms with Crippen molar-refractivity contribution >= 4 is 33.7 Å². The molecule has 0 bridgehead atoms. The summed E-state index contributed by atoms with van der Waals surface area (Å²) in [6, 6.07) is 9.42. The van der Waals surface area contributed by atoms with E-state index in [2.05, 4.69) is 4.98 Å². The monoisotopic (exact) mass is 394 g/mol. The zero-order valence-corrected chi connectivity index (χ0v) is 16.3. The van der Waals surface area contributed by atoms with Gasteiger partial charge >= 0.3 is 11.9 Å². The molecule has 150 valence electrons. The third-order valence-electron chi connectivity index (χ3n) is 5.18. The number of aliphatic hydroxyl groups is 1. The van der Waals surface area contributed by atoms with Gasteiger partial charge in [-0.2, -0.15) is 0 Å². The maximum absolute atomic E-state index is 12.6. The van der Waals surface area contributed by atoms with Crippen molar-refractivity contribution in [3.8, 4) is 0 Å². The summed E-state index contributed by atoms with van der Waals surface area (Å²) in [5, 5.41) is 12.8. The summed E-state index contributed by atoms with van der Waals surface area (Å²) in [6.45, 7) is 2.68. The number of hydrogen-bond acceptors (Lipinski definition) is 6. The van der Waals surface area contributed by atoms with E-state index in [1.165, 1.54) is 7.11 Å². The second-order valence-electron chi connectivity index (χ2n) is 6.96. The van der Waals surface area contributed by atoms with E-state index in [0.29, 0.717) is 18.7 Å². The molecule has 1 aromatic carbocycles. The first kappa shape index (κ1) is 19.1. The lowest BCUT2D eigenvalue weighted by Crippen LogP contribution is -2.17. The third-order valence-corrected chi connectivity index (χ3v) is 5.18. The predicted molar refractivity (Wildman–Crippen MR) is 107 cm³/mol. The van der Waals surface area contributed by atoms with Crippen LogP contribution in [0, 0.1) is 0 Å². The largest absolute Gasteiger partial charge is 0.464 e. The van der Waals surface area contributed by atoms with Crippen molar-refractivity contribution in [1.29, 1.82) is 0 Å². The minimum atomic E-state index is -1.30. The highest BCUT2D eigenvalue weighted by molar-refractivity contribution is 6.11. The molecule has 29 heavy (non-hydrogen) atoms. The molecule has 1 N–H and O–H groups in total. The van der Waals surface area contributed by atoms with E-state index < -0.39 is 18.0 Å². The minimum Gasteiger partial charge on any atom is -0.464 e. The fourth-order valence-electron chi connectivity index (χ4n) is 3.73. The number of pyridine rings is 1. The van der Waals surface area contributed by atoms with Crippen LogP contribution in [0.15, 0.2) is 42.0 Å². The smallest absolute Gasteiger partial charge is 0.356 e. The number of aromatic nitrogens is 2. The zero-order chi connectivity index (χ0) is 20.5. The fraction of sp³-hybridized carbons (Fsp3) is 0.318. The van der Waals surface area contributed by atoms with Crippen LogP contribution in [0.3, 0.4) is 0 Å². The molecule has 1 aliphatic rings. The third kappa shape index (κ3) is 3.17. The Kier molecular flexibility index (Phi) is 5.07. The molecule has 0 fully saturated rings. The fourth-order valence-corrected chi connectivity index (χ4v) is 3.73. The highest BCUT2D eigenvalue weighted by Crippen LogP contribution is 2.37. The van der Waals surface area contributed by atoms with E-state index in [9.17, 15) is 14.7 Å². The van der Waals surface area contributed by atoms with Crippen molar-refractivity contribution in [1.82, 2.24) is 9.55 Å². The lowest BCUT2D eigenvalue weighted by atomic mass is 10.0. The van der Waals surface area contributed by atoms with Crippen LogP contribution in [0.4, 0.5) is 0 Å². The average molecular weight is 394 g/mol. The quantitative estimate of drug-likeness (QED) is 0.527. The van der Waals surface area contributed by atoms with Crippen LogP contribution in [-0.2, 0) is 20.8 Å². The number of ether oxygens (including phenoxy) is 2. The summed E-state index contributed by atoms with van der Waals surface area (Å²) < 4.78 is 12.1. The van der Waals surface area contributed by atoms with Gasteiger partial charge in [0.05, 0.1) is 30.5 Å². The molecule has 0 aliphatic carbocycles. The molecule has 0 amide bonds. The molecule has 3 heterocycles. The summed E-state index contributed by atoms with van der Waals surface area (Å²) in [6.07, 6.45) is 2.02. The van der Waals surface area contributed by atoms with Gasteiger partial charge in [0.25, 0.3) is 0 Å². The van der Waals surface area contributed by atoms with Gasteiger partial charge in [0.15, 0.2) is 0 Å². The summed E-state index contributed by atoms with van der Waals surface area (Å²) in [4.78, 5) is 29.2. The van der Waals surface area contributed by atoms with Crippen LogP contribution >= 0.6 is 0 Å². The molecule has 0 spiro atoms. The Bertz CT molecular complexity index is 1150. The minimum absolute atomic E-state index is 0.0811. The van der Waals surface area contributed by atoms with E-state index in [0.717, 1.165) is 29.1 Å². The first-order chi connectivity index (χ1) is 14.1. The number of carbonyl (C=O) groups is 2. The van der Waals surface area contributed by atoms with E-state index in [1.54, 1.807) is 12.1 Å². The number of unbranched alkanes of at least 4 members (excludes halogenated alkanes) is 1. The highest BCUT2D eigenvalue weighted by atomic mass is 16.5. The maximum Gasteiger partial charge on any atom is 0.356 e. The summed E-state index contributed by atoms with van der Waals surface area (Å²) >= 11 is 0. The van der Waals surface area contributed by atoms with Crippen molar-refractivity contribution < 1.29 is 24.2 Å². The number of benzene rings is 1. The summed E-state index contributed by atoms with van der Waals surface area (Å²) in [5.74, 6) is -1.17. The van der Waals surface area contributed by atoms with Gasteiger partial charge in [0.2, 0.25) is 0 Å². The Balaban J connectivity index is 1.91. The molecule has 2 aromatic heterocycles. The lowest BCUT2D eigenvalue weighted by molar-refractivity contribution is -0.140. The van der Waals surface area contributed by atoms with E-state index >= 15 is 0 Å². The number of fused-ring (bicyclic) bond motifs is 3. The molecular formula is C22H22N2O5. The Hall–Kier alpha value is -3.19. The number of allylic oxidation sites excluding steroid dienone is 1. The average Bonchev–Trinajstić information content (AvgIpc) is 2.97. The van der Waals surface area contributed by atoms with Crippen LogP contribution in [0.25, 0.3) is 21.8 Å². The zero-order valence-electron chi connectivity index (χ0n) is 16.3. The first-order valence-corrected chi connectivity index (χ1v) is 9.62. The Labute approximate surface area is 167 Å². The van der Waals surface area contributed by atoms with Gasteiger partial charge < -0.3 is 19.1 Å². The summed E-state index contributed by atoms with van der Waals surface area (Å²) in [7, 11) is 1.28. The van der Waals surface area contributed by atoms with Crippen LogP contribution in [0.1, 0.15) is 42.1 Å². The summed E-state index contributed by atoms with van der Waals surface area (Å²) in [5.41, 5.74) is 2.08. The van der Waals surface area contributed by atoms with Gasteiger partial charge in [-0.25, -0.2) is 14.6 Å². The number of nitrogens with zero attached hydrogens (tertiary/aromatic N) is 2. The molecule has 1 aliphatic heterocycles. The number of esters is 2. The normalized spacial score (nSPS) is 15.8. The van der Waals surface area contributed by atoms with Crippen molar-refractivity contribution in [2.24, 2.45) is 0 Å². The molecule has 4 rings (SSSR count). The second-order valence-corrected chi connectivity index (χ2v) is 6.96. The van der Waals surface area contributed by atoms with Crippen LogP contribution in [0.2, 0.25) is 0 Å². The number of hydrogen-bond donors (Lipinski definition) is 1. The topological polar surface area (TPSA) is 90.7 Å². The van der Waals surface area contributed by atoms with Crippen LogP contribution in [-0.4, -0.2) is 40.3 Å². The standard InChI is InChI=1S/C22H22N2O5/c1-3-4-11-29-21(26)14-9-10-24-17-8-6-5-7-13(17)15-12-16(22(27)28-2)23-18(19(15)24)20(14)25/h5-9,12,20,25H,3-4,10-11H2,1-2H3. The Morgan fingerprint density at radius 3 is 2.79 bits per heavy atom. The van der Waals surface area contributed by atoms with E-state index in [-0.39, 0.29) is 17.0 Å². The maximum atomic E-state index is 12.6. The van der Waals surface area contributed by atoms with Gasteiger partial charge in [-0.15, -0.1) is 0 Å². The number of carbonyl (C=O) groups excluding carboxylic acids is 2. The Morgan fingerprint density at radius 1 is 1.24 bits per heavy atom. The van der Waals surface area contributed by atoms with Gasteiger partial charge in [-0.3, -0.25) is 0 Å². The molecule has 3 aromatic rings. The van der Waals surface area contributed by atoms with Crippen molar-refractivity contribution in [2.45, 2.75) is 32.4 Å². The van der Waals surface area contributed by atoms with Crippen molar-refractivity contribution in [2.75, 3.05) is 13.7 Å². The molecule has 7 heteroatoms. The first-order valence-electron chi connectivity index (χ1n) is 9.62. The Morgan fingerprint density at radius 2 is 2.03 bits per heavy atom. The molecule has 1 unspecified atom stereocenters. The van der Waals surface area contributed by atoms with Gasteiger partial charge in [-0.1, -0.05) is 37.6 Å². The van der Waals surface area contributed by atoms with Gasteiger partial charge in [0.1, 0.15) is 11.8 Å². The lowest BCUT2D eigenvalue weighted by Gasteiger charge is -2.14. The van der Waals surface area contributed by atoms with E-state index in [4.69, 9.17) is 9.47 Å². The number of rotatable bonds is 5. The molecule has 0 saturated carbocycles. The van der Waals surface area contributed by atoms with Crippen LogP contribution < -0.4 is 0 Å². The molecule has 0 radical (unpaired) electrons. The van der Waals surface area contributed by atoms with E-state index in [1.807, 2.05) is 35.8 Å². The number of aliphatic hydroxyl groups excluding tert-OH is 1. The molecule has 7 nitrogen and oxygen atoms in total. The van der Waals surface area contributed by atoms with Crippen LogP contribution in [0.5, 0.6) is 0 Å². The SMILES string of the molecule is CCCCOC(=O)C1=CCn2c3ccccc3c3cc(C(=O)OC)nc(c32)C1O. The number of para-hydroxylation sites is 1. The predicted octanol–water partition coefficient (Wildman–Crippen LogP) is 3.29. The van der Waals surface area contributed by atoms with Crippen molar-refractivity contribution in [3.05, 3.63) is 53.4 Å². The second kappa shape index (κ2) is 7.67.